The van der Waals surface area contributed by atoms with Crippen molar-refractivity contribution < 1.29 is 14.3 Å². The molecule has 0 aliphatic carbocycles. The van der Waals surface area contributed by atoms with Gasteiger partial charge in [-0.05, 0) is 42.6 Å². The molecule has 0 spiro atoms. The molecule has 1 fully saturated rings. The Morgan fingerprint density at radius 3 is 2.48 bits per heavy atom. The maximum Gasteiger partial charge on any atom is 0.237 e. The van der Waals surface area contributed by atoms with E-state index in [0.29, 0.717) is 6.54 Å². The van der Waals surface area contributed by atoms with Crippen LogP contribution in [0.25, 0.3) is 0 Å². The number of methoxy groups -OCH3 is 2. The van der Waals surface area contributed by atoms with Gasteiger partial charge in [0, 0.05) is 13.1 Å². The average molecular weight is 397 g/mol. The molecule has 0 bridgehead atoms. The smallest absolute Gasteiger partial charge is 0.237 e. The van der Waals surface area contributed by atoms with Crippen LogP contribution in [0, 0.1) is 0 Å². The van der Waals surface area contributed by atoms with Gasteiger partial charge in [-0.3, -0.25) is 9.69 Å². The van der Waals surface area contributed by atoms with E-state index in [4.69, 9.17) is 9.47 Å². The van der Waals surface area contributed by atoms with Crippen LogP contribution in [0.15, 0.2) is 12.1 Å². The van der Waals surface area contributed by atoms with Crippen molar-refractivity contribution in [2.75, 3.05) is 40.4 Å². The van der Waals surface area contributed by atoms with Gasteiger partial charge in [0.1, 0.15) is 0 Å². The summed E-state index contributed by atoms with van der Waals surface area (Å²) >= 11 is 0. The number of nitrogens with zero attached hydrogens (tertiary/aromatic N) is 2. The lowest BCUT2D eigenvalue weighted by Crippen LogP contribution is -2.54. The first-order valence-electron chi connectivity index (χ1n) is 9.94. The second-order valence-electron chi connectivity index (χ2n) is 7.41. The number of carbonyl (C=O) groups excluding carboxylic acids is 1. The van der Waals surface area contributed by atoms with Gasteiger partial charge in [0.15, 0.2) is 11.5 Å². The number of halogens is 1. The predicted molar refractivity (Wildman–Crippen MR) is 110 cm³/mol. The van der Waals surface area contributed by atoms with Gasteiger partial charge in [-0.15, -0.1) is 12.4 Å². The van der Waals surface area contributed by atoms with Crippen molar-refractivity contribution >= 4 is 18.3 Å². The summed E-state index contributed by atoms with van der Waals surface area (Å²) in [5.74, 6) is 1.78. The van der Waals surface area contributed by atoms with Crippen molar-refractivity contribution in [1.82, 2.24) is 9.80 Å². The minimum absolute atomic E-state index is 0. The Kier molecular flexibility index (Phi) is 8.24. The van der Waals surface area contributed by atoms with E-state index < -0.39 is 0 Å². The van der Waals surface area contributed by atoms with Crippen molar-refractivity contribution in [3.05, 3.63) is 23.3 Å². The first kappa shape index (κ1) is 21.8. The van der Waals surface area contributed by atoms with E-state index in [1.807, 2.05) is 0 Å². The van der Waals surface area contributed by atoms with Gasteiger partial charge in [0.2, 0.25) is 5.91 Å². The summed E-state index contributed by atoms with van der Waals surface area (Å²) < 4.78 is 10.9. The zero-order valence-electron chi connectivity index (χ0n) is 16.8. The van der Waals surface area contributed by atoms with Crippen molar-refractivity contribution in [1.29, 1.82) is 0 Å². The van der Waals surface area contributed by atoms with Crippen LogP contribution in [0.3, 0.4) is 0 Å². The van der Waals surface area contributed by atoms with Crippen molar-refractivity contribution in [2.45, 2.75) is 51.5 Å². The molecule has 0 aromatic heterocycles. The summed E-state index contributed by atoms with van der Waals surface area (Å²) in [6.07, 6.45) is 7.20. The predicted octanol–water partition coefficient (Wildman–Crippen LogP) is 3.84. The summed E-state index contributed by atoms with van der Waals surface area (Å²) in [5.41, 5.74) is 2.50. The molecular formula is C21H33ClN2O3. The molecule has 0 N–H and O–H groups in total. The minimum Gasteiger partial charge on any atom is -0.493 e. The van der Waals surface area contributed by atoms with E-state index in [9.17, 15) is 4.79 Å². The number of hydrogen-bond donors (Lipinski definition) is 0. The summed E-state index contributed by atoms with van der Waals surface area (Å²) in [5, 5.41) is 0. The molecule has 2 heterocycles. The van der Waals surface area contributed by atoms with Crippen LogP contribution >= 0.6 is 12.4 Å². The zero-order chi connectivity index (χ0) is 18.5. The Hall–Kier alpha value is -1.46. The molecule has 2 aliphatic heterocycles. The van der Waals surface area contributed by atoms with Crippen LogP contribution in [-0.4, -0.2) is 56.1 Å². The summed E-state index contributed by atoms with van der Waals surface area (Å²) in [7, 11) is 3.34. The zero-order valence-corrected chi connectivity index (χ0v) is 17.6. The van der Waals surface area contributed by atoms with Gasteiger partial charge in [0.05, 0.1) is 26.8 Å². The highest BCUT2D eigenvalue weighted by molar-refractivity contribution is 5.85. The standard InChI is InChI=1S/C21H32N2O3.ClH/c1-4-5-6-7-8-10-22-14-18-17-13-20(26-3)19(25-2)12-16(17)9-11-23(18)21(24)15-22;/h12-13,18H,4-11,14-15H2,1-3H3;1H. The normalized spacial score (nSPS) is 19.1. The Labute approximate surface area is 169 Å². The topological polar surface area (TPSA) is 42.0 Å². The molecule has 6 heteroatoms. The lowest BCUT2D eigenvalue weighted by Gasteiger charge is -2.44. The first-order valence-corrected chi connectivity index (χ1v) is 9.94. The van der Waals surface area contributed by atoms with Gasteiger partial charge >= 0.3 is 0 Å². The highest BCUT2D eigenvalue weighted by Crippen LogP contribution is 2.39. The van der Waals surface area contributed by atoms with Gasteiger partial charge < -0.3 is 14.4 Å². The van der Waals surface area contributed by atoms with Gasteiger partial charge in [-0.2, -0.15) is 0 Å². The molecule has 27 heavy (non-hydrogen) atoms. The lowest BCUT2D eigenvalue weighted by atomic mass is 9.90. The van der Waals surface area contributed by atoms with Gasteiger partial charge in [-0.25, -0.2) is 0 Å². The lowest BCUT2D eigenvalue weighted by molar-refractivity contribution is -0.140. The van der Waals surface area contributed by atoms with Crippen molar-refractivity contribution in [2.24, 2.45) is 0 Å². The van der Waals surface area contributed by atoms with E-state index in [0.717, 1.165) is 37.6 Å². The second kappa shape index (κ2) is 10.2. The van der Waals surface area contributed by atoms with Crippen LogP contribution in [0.4, 0.5) is 0 Å². The fourth-order valence-corrected chi connectivity index (χ4v) is 4.22. The number of amides is 1. The third kappa shape index (κ3) is 4.88. The molecule has 1 atom stereocenters. The van der Waals surface area contributed by atoms with E-state index in [-0.39, 0.29) is 24.4 Å². The SMILES string of the molecule is CCCCCCCN1CC(=O)N2CCc3cc(OC)c(OC)cc3C2C1.Cl. The van der Waals surface area contributed by atoms with Crippen LogP contribution in [0.2, 0.25) is 0 Å². The molecule has 2 aliphatic rings. The molecule has 1 aromatic rings. The average Bonchev–Trinajstić information content (AvgIpc) is 2.66. The molecule has 1 saturated heterocycles. The Morgan fingerprint density at radius 1 is 1.07 bits per heavy atom. The molecular weight excluding hydrogens is 364 g/mol. The fourth-order valence-electron chi connectivity index (χ4n) is 4.22. The Morgan fingerprint density at radius 2 is 1.78 bits per heavy atom. The molecule has 1 unspecified atom stereocenters. The second-order valence-corrected chi connectivity index (χ2v) is 7.41. The number of hydrogen-bond acceptors (Lipinski definition) is 4. The Balaban J connectivity index is 0.00000261. The number of ether oxygens (including phenoxy) is 2. The number of unbranched alkanes of at least 4 members (excludes halogenated alkanes) is 4. The minimum atomic E-state index is 0. The van der Waals surface area contributed by atoms with E-state index in [2.05, 4.69) is 28.9 Å². The van der Waals surface area contributed by atoms with Crippen LogP contribution < -0.4 is 9.47 Å². The number of carbonyl (C=O) groups is 1. The summed E-state index contributed by atoms with van der Waals surface area (Å²) in [6, 6.07) is 4.29. The highest BCUT2D eigenvalue weighted by Gasteiger charge is 2.37. The summed E-state index contributed by atoms with van der Waals surface area (Å²) in [4.78, 5) is 17.1. The molecule has 5 nitrogen and oxygen atoms in total. The Bertz CT molecular complexity index is 638. The van der Waals surface area contributed by atoms with Crippen molar-refractivity contribution in [3.63, 3.8) is 0 Å². The largest absolute Gasteiger partial charge is 0.493 e. The monoisotopic (exact) mass is 396 g/mol. The third-order valence-electron chi connectivity index (χ3n) is 5.69. The van der Waals surface area contributed by atoms with Gasteiger partial charge in [0.25, 0.3) is 0 Å². The third-order valence-corrected chi connectivity index (χ3v) is 5.69. The molecule has 1 amide bonds. The molecule has 0 radical (unpaired) electrons. The highest BCUT2D eigenvalue weighted by atomic mass is 35.5. The molecule has 0 saturated carbocycles. The number of benzene rings is 1. The molecule has 1 aromatic carbocycles. The van der Waals surface area contributed by atoms with Crippen LogP contribution in [0.1, 0.15) is 56.2 Å². The summed E-state index contributed by atoms with van der Waals surface area (Å²) in [6.45, 7) is 5.54. The van der Waals surface area contributed by atoms with E-state index in [1.54, 1.807) is 14.2 Å². The number of piperazine rings is 1. The van der Waals surface area contributed by atoms with Crippen LogP contribution in [-0.2, 0) is 11.2 Å². The molecule has 152 valence electrons. The van der Waals surface area contributed by atoms with E-state index in [1.165, 1.54) is 43.2 Å². The van der Waals surface area contributed by atoms with E-state index >= 15 is 0 Å². The quantitative estimate of drug-likeness (QED) is 0.626. The fraction of sp³-hybridized carbons (Fsp3) is 0.667. The van der Waals surface area contributed by atoms with Crippen LogP contribution in [0.5, 0.6) is 11.5 Å². The number of rotatable bonds is 8. The number of fused-ring (bicyclic) bond motifs is 3. The maximum atomic E-state index is 12.7. The maximum absolute atomic E-state index is 12.7. The van der Waals surface area contributed by atoms with Crippen molar-refractivity contribution in [3.8, 4) is 11.5 Å². The first-order chi connectivity index (χ1) is 12.7. The molecule has 3 rings (SSSR count). The van der Waals surface area contributed by atoms with Gasteiger partial charge in [-0.1, -0.05) is 32.6 Å².